The molecule has 2 amide bonds. The van der Waals surface area contributed by atoms with Gasteiger partial charge < -0.3 is 10.2 Å². The summed E-state index contributed by atoms with van der Waals surface area (Å²) in [5, 5.41) is 4.90. The van der Waals surface area contributed by atoms with Crippen molar-refractivity contribution in [2.75, 3.05) is 13.1 Å². The number of carbonyl (C=O) groups excluding carboxylic acids is 2. The summed E-state index contributed by atoms with van der Waals surface area (Å²) in [5.41, 5.74) is 0. The number of carbonyl (C=O) groups is 2. The van der Waals surface area contributed by atoms with Crippen LogP contribution in [0.4, 0.5) is 0 Å². The van der Waals surface area contributed by atoms with Crippen LogP contribution in [-0.4, -0.2) is 35.8 Å². The Bertz CT molecular complexity index is 456. The molecule has 5 heteroatoms. The zero-order valence-electron chi connectivity index (χ0n) is 12.1. The number of amides is 2. The summed E-state index contributed by atoms with van der Waals surface area (Å²) in [4.78, 5) is 27.3. The van der Waals surface area contributed by atoms with Crippen molar-refractivity contribution in [1.82, 2.24) is 10.2 Å². The maximum atomic E-state index is 12.5. The second-order valence-corrected chi connectivity index (χ2v) is 6.69. The van der Waals surface area contributed by atoms with Crippen molar-refractivity contribution in [3.63, 3.8) is 0 Å². The van der Waals surface area contributed by atoms with E-state index in [1.54, 1.807) is 11.3 Å². The Labute approximate surface area is 124 Å². The number of hydrogen-bond donors (Lipinski definition) is 1. The largest absolute Gasteiger partial charge is 0.344 e. The molecule has 20 heavy (non-hydrogen) atoms. The predicted molar refractivity (Wildman–Crippen MR) is 80.6 cm³/mol. The van der Waals surface area contributed by atoms with Gasteiger partial charge in [-0.1, -0.05) is 19.9 Å². The first-order valence-electron chi connectivity index (χ1n) is 7.17. The molecule has 1 atom stereocenters. The molecule has 1 aromatic rings. The molecule has 0 saturated carbocycles. The lowest BCUT2D eigenvalue weighted by atomic mass is 10.0. The molecule has 1 fully saturated rings. The van der Waals surface area contributed by atoms with Gasteiger partial charge in [0.25, 0.3) is 0 Å². The molecule has 1 aromatic heterocycles. The minimum absolute atomic E-state index is 0.0115. The van der Waals surface area contributed by atoms with E-state index < -0.39 is 0 Å². The topological polar surface area (TPSA) is 49.4 Å². The lowest BCUT2D eigenvalue weighted by Gasteiger charge is -2.24. The predicted octanol–water partition coefficient (Wildman–Crippen LogP) is 2.05. The monoisotopic (exact) mass is 294 g/mol. The first-order chi connectivity index (χ1) is 9.56. The smallest absolute Gasteiger partial charge is 0.245 e. The quantitative estimate of drug-likeness (QED) is 0.903. The summed E-state index contributed by atoms with van der Waals surface area (Å²) < 4.78 is 0. The number of nitrogens with one attached hydrogen (secondary N) is 1. The molecule has 1 N–H and O–H groups in total. The Morgan fingerprint density at radius 2 is 2.25 bits per heavy atom. The van der Waals surface area contributed by atoms with E-state index in [9.17, 15) is 9.59 Å². The Morgan fingerprint density at radius 1 is 1.45 bits per heavy atom. The van der Waals surface area contributed by atoms with Crippen molar-refractivity contribution >= 4 is 23.2 Å². The highest BCUT2D eigenvalue weighted by atomic mass is 32.1. The maximum absolute atomic E-state index is 12.5. The molecule has 110 valence electrons. The second kappa shape index (κ2) is 6.88. The highest BCUT2D eigenvalue weighted by molar-refractivity contribution is 7.09. The zero-order chi connectivity index (χ0) is 14.5. The van der Waals surface area contributed by atoms with E-state index in [-0.39, 0.29) is 17.9 Å². The lowest BCUT2D eigenvalue weighted by molar-refractivity contribution is -0.133. The third-order valence-corrected chi connectivity index (χ3v) is 4.41. The third kappa shape index (κ3) is 4.07. The van der Waals surface area contributed by atoms with E-state index in [1.807, 2.05) is 16.3 Å². The normalized spacial score (nSPS) is 20.1. The second-order valence-electron chi connectivity index (χ2n) is 5.65. The molecule has 0 aliphatic carbocycles. The van der Waals surface area contributed by atoms with Crippen molar-refractivity contribution in [3.05, 3.63) is 22.4 Å². The van der Waals surface area contributed by atoms with Crippen LogP contribution in [0.2, 0.25) is 0 Å². The van der Waals surface area contributed by atoms with Gasteiger partial charge >= 0.3 is 0 Å². The number of hydrogen-bond acceptors (Lipinski definition) is 3. The minimum Gasteiger partial charge on any atom is -0.344 e. The van der Waals surface area contributed by atoms with Gasteiger partial charge in [-0.15, -0.1) is 11.3 Å². The number of thiophene rings is 1. The summed E-state index contributed by atoms with van der Waals surface area (Å²) in [6.45, 7) is 5.37. The van der Waals surface area contributed by atoms with Crippen LogP contribution in [0.15, 0.2) is 17.5 Å². The third-order valence-electron chi connectivity index (χ3n) is 3.47. The van der Waals surface area contributed by atoms with E-state index in [0.717, 1.165) is 6.42 Å². The summed E-state index contributed by atoms with van der Waals surface area (Å²) >= 11 is 1.71. The first-order valence-corrected chi connectivity index (χ1v) is 8.04. The van der Waals surface area contributed by atoms with Crippen LogP contribution in [0.1, 0.15) is 31.6 Å². The van der Waals surface area contributed by atoms with Crippen LogP contribution in [0.5, 0.6) is 0 Å². The Kier molecular flexibility index (Phi) is 5.17. The van der Waals surface area contributed by atoms with E-state index >= 15 is 0 Å². The Balaban J connectivity index is 1.99. The standard InChI is InChI=1S/C15H22N2O2S/c1-11(2)10-13-15(19)17(8-6-14(18)16-13)7-5-12-4-3-9-20-12/h3-4,9,11,13H,5-8,10H2,1-2H3,(H,16,18). The van der Waals surface area contributed by atoms with Gasteiger partial charge in [0.15, 0.2) is 0 Å². The van der Waals surface area contributed by atoms with Gasteiger partial charge in [-0.3, -0.25) is 9.59 Å². The van der Waals surface area contributed by atoms with Gasteiger partial charge in [0.1, 0.15) is 6.04 Å². The number of nitrogens with zero attached hydrogens (tertiary/aromatic N) is 1. The van der Waals surface area contributed by atoms with E-state index in [1.165, 1.54) is 4.88 Å². The van der Waals surface area contributed by atoms with Crippen LogP contribution < -0.4 is 5.32 Å². The van der Waals surface area contributed by atoms with E-state index in [4.69, 9.17) is 0 Å². The molecule has 0 radical (unpaired) electrons. The average molecular weight is 294 g/mol. The van der Waals surface area contributed by atoms with Crippen molar-refractivity contribution in [3.8, 4) is 0 Å². The van der Waals surface area contributed by atoms with E-state index in [0.29, 0.717) is 31.8 Å². The van der Waals surface area contributed by atoms with Crippen LogP contribution in [-0.2, 0) is 16.0 Å². The molecule has 0 aromatic carbocycles. The molecule has 1 aliphatic rings. The lowest BCUT2D eigenvalue weighted by Crippen LogP contribution is -2.45. The fourth-order valence-electron chi connectivity index (χ4n) is 2.45. The van der Waals surface area contributed by atoms with E-state index in [2.05, 4.69) is 25.2 Å². The summed E-state index contributed by atoms with van der Waals surface area (Å²) in [7, 11) is 0. The Morgan fingerprint density at radius 3 is 2.90 bits per heavy atom. The summed E-state index contributed by atoms with van der Waals surface area (Å²) in [6.07, 6.45) is 1.98. The van der Waals surface area contributed by atoms with Crippen LogP contribution in [0.3, 0.4) is 0 Å². The molecule has 4 nitrogen and oxygen atoms in total. The molecule has 1 aliphatic heterocycles. The van der Waals surface area contributed by atoms with Gasteiger partial charge in [-0.2, -0.15) is 0 Å². The van der Waals surface area contributed by atoms with Gasteiger partial charge in [0.2, 0.25) is 11.8 Å². The molecule has 1 unspecified atom stereocenters. The molecule has 2 heterocycles. The molecular weight excluding hydrogens is 272 g/mol. The van der Waals surface area contributed by atoms with Gasteiger partial charge in [-0.05, 0) is 30.2 Å². The fourth-order valence-corrected chi connectivity index (χ4v) is 3.15. The molecule has 0 spiro atoms. The zero-order valence-corrected chi connectivity index (χ0v) is 12.9. The molecular formula is C15H22N2O2S. The number of rotatable bonds is 5. The maximum Gasteiger partial charge on any atom is 0.245 e. The molecule has 2 rings (SSSR count). The van der Waals surface area contributed by atoms with Gasteiger partial charge in [0, 0.05) is 24.4 Å². The van der Waals surface area contributed by atoms with Crippen molar-refractivity contribution in [2.24, 2.45) is 5.92 Å². The van der Waals surface area contributed by atoms with Crippen molar-refractivity contribution in [1.29, 1.82) is 0 Å². The van der Waals surface area contributed by atoms with Crippen molar-refractivity contribution < 1.29 is 9.59 Å². The fraction of sp³-hybridized carbons (Fsp3) is 0.600. The van der Waals surface area contributed by atoms with Gasteiger partial charge in [0.05, 0.1) is 0 Å². The van der Waals surface area contributed by atoms with Crippen molar-refractivity contribution in [2.45, 2.75) is 39.2 Å². The average Bonchev–Trinajstić information content (AvgIpc) is 2.85. The minimum atomic E-state index is -0.353. The SMILES string of the molecule is CC(C)CC1NC(=O)CCN(CCc2cccs2)C1=O. The highest BCUT2D eigenvalue weighted by Crippen LogP contribution is 2.14. The summed E-state index contributed by atoms with van der Waals surface area (Å²) in [5.74, 6) is 0.449. The highest BCUT2D eigenvalue weighted by Gasteiger charge is 2.29. The first kappa shape index (κ1) is 15.0. The van der Waals surface area contributed by atoms with Crippen LogP contribution >= 0.6 is 11.3 Å². The van der Waals surface area contributed by atoms with Crippen LogP contribution in [0.25, 0.3) is 0 Å². The summed E-state index contributed by atoms with van der Waals surface area (Å²) in [6, 6.07) is 3.76. The van der Waals surface area contributed by atoms with Gasteiger partial charge in [-0.25, -0.2) is 0 Å². The Hall–Kier alpha value is -1.36. The van der Waals surface area contributed by atoms with Crippen LogP contribution in [0, 0.1) is 5.92 Å². The molecule has 1 saturated heterocycles. The molecule has 0 bridgehead atoms.